The van der Waals surface area contributed by atoms with Crippen LogP contribution in [0.1, 0.15) is 36.3 Å². The lowest BCUT2D eigenvalue weighted by Gasteiger charge is -2.34. The molecule has 1 fully saturated rings. The summed E-state index contributed by atoms with van der Waals surface area (Å²) in [4.78, 5) is 15.0. The molecule has 0 radical (unpaired) electrons. The van der Waals surface area contributed by atoms with E-state index in [4.69, 9.17) is 0 Å². The number of hydrogen-bond acceptors (Lipinski definition) is 4. The minimum absolute atomic E-state index is 0.0608. The molecule has 5 heteroatoms. The highest BCUT2D eigenvalue weighted by atomic mass is 16.2. The normalized spacial score (nSPS) is 20.7. The zero-order valence-corrected chi connectivity index (χ0v) is 13.7. The Morgan fingerprint density at radius 3 is 2.71 bits per heavy atom. The Bertz CT molecular complexity index is 710. The minimum Gasteiger partial charge on any atom is -0.366 e. The highest BCUT2D eigenvalue weighted by Crippen LogP contribution is 2.34. The van der Waals surface area contributed by atoms with E-state index in [2.05, 4.69) is 33.7 Å². The topological polar surface area (TPSA) is 58.1 Å². The standard InChI is InChI=1S/C19H22N4O/c24-19(17-8-7-14-4-1-2-5-16(14)17)23-12-9-15(10-13-23)21-18-6-3-11-20-22-18/h1-6,11,15,17H,7-10,12-13H2,(H,21,22). The highest BCUT2D eigenvalue weighted by Gasteiger charge is 2.33. The maximum absolute atomic E-state index is 12.9. The average molecular weight is 322 g/mol. The van der Waals surface area contributed by atoms with Gasteiger partial charge in [-0.05, 0) is 48.9 Å². The van der Waals surface area contributed by atoms with Crippen molar-refractivity contribution >= 4 is 11.7 Å². The number of carbonyl (C=O) groups is 1. The third-order valence-electron chi connectivity index (χ3n) is 5.16. The van der Waals surface area contributed by atoms with Gasteiger partial charge in [0, 0.05) is 25.3 Å². The first-order chi connectivity index (χ1) is 11.8. The van der Waals surface area contributed by atoms with Gasteiger partial charge in [-0.25, -0.2) is 0 Å². The lowest BCUT2D eigenvalue weighted by molar-refractivity contribution is -0.133. The van der Waals surface area contributed by atoms with Gasteiger partial charge < -0.3 is 10.2 Å². The molecule has 2 aromatic rings. The van der Waals surface area contributed by atoms with E-state index in [1.165, 1.54) is 11.1 Å². The number of rotatable bonds is 3. The van der Waals surface area contributed by atoms with Crippen molar-refractivity contribution in [1.29, 1.82) is 0 Å². The summed E-state index contributed by atoms with van der Waals surface area (Å²) in [5, 5.41) is 11.4. The molecule has 2 aliphatic rings. The highest BCUT2D eigenvalue weighted by molar-refractivity contribution is 5.85. The summed E-state index contributed by atoms with van der Waals surface area (Å²) in [7, 11) is 0. The van der Waals surface area contributed by atoms with Gasteiger partial charge >= 0.3 is 0 Å². The summed E-state index contributed by atoms with van der Waals surface area (Å²) >= 11 is 0. The SMILES string of the molecule is O=C(C1CCc2ccccc21)N1CCC(Nc2cccnn2)CC1. The van der Waals surface area contributed by atoms with Crippen molar-refractivity contribution in [3.05, 3.63) is 53.7 Å². The second-order valence-electron chi connectivity index (χ2n) is 6.64. The first-order valence-corrected chi connectivity index (χ1v) is 8.72. The summed E-state index contributed by atoms with van der Waals surface area (Å²) in [5.74, 6) is 1.18. The minimum atomic E-state index is 0.0608. The second-order valence-corrected chi connectivity index (χ2v) is 6.64. The van der Waals surface area contributed by atoms with Crippen molar-refractivity contribution in [2.24, 2.45) is 0 Å². The lowest BCUT2D eigenvalue weighted by atomic mass is 9.97. The van der Waals surface area contributed by atoms with Gasteiger partial charge in [-0.2, -0.15) is 5.10 Å². The third-order valence-corrected chi connectivity index (χ3v) is 5.16. The molecule has 1 aliphatic heterocycles. The van der Waals surface area contributed by atoms with E-state index in [9.17, 15) is 4.79 Å². The molecule has 1 aliphatic carbocycles. The van der Waals surface area contributed by atoms with Gasteiger partial charge in [-0.3, -0.25) is 4.79 Å². The number of amides is 1. The molecule has 1 N–H and O–H groups in total. The Labute approximate surface area is 142 Å². The summed E-state index contributed by atoms with van der Waals surface area (Å²) in [6.07, 6.45) is 5.56. The number of benzene rings is 1. The van der Waals surface area contributed by atoms with Gasteiger partial charge in [-0.15, -0.1) is 5.10 Å². The van der Waals surface area contributed by atoms with Crippen molar-refractivity contribution in [3.63, 3.8) is 0 Å². The van der Waals surface area contributed by atoms with Crippen molar-refractivity contribution < 1.29 is 4.79 Å². The fourth-order valence-electron chi connectivity index (χ4n) is 3.87. The van der Waals surface area contributed by atoms with Gasteiger partial charge in [0.2, 0.25) is 5.91 Å². The van der Waals surface area contributed by atoms with Crippen LogP contribution in [0.4, 0.5) is 5.82 Å². The van der Waals surface area contributed by atoms with Crippen LogP contribution in [0.15, 0.2) is 42.6 Å². The van der Waals surface area contributed by atoms with Gasteiger partial charge in [0.1, 0.15) is 5.82 Å². The molecular formula is C19H22N4O. The number of anilines is 1. The van der Waals surface area contributed by atoms with Crippen LogP contribution in [0, 0.1) is 0 Å². The number of nitrogens with one attached hydrogen (secondary N) is 1. The Kier molecular flexibility index (Phi) is 4.15. The maximum Gasteiger partial charge on any atom is 0.230 e. The van der Waals surface area contributed by atoms with Crippen LogP contribution in [0.25, 0.3) is 0 Å². The predicted molar refractivity (Wildman–Crippen MR) is 92.8 cm³/mol. The van der Waals surface area contributed by atoms with Crippen LogP contribution in [-0.4, -0.2) is 40.1 Å². The van der Waals surface area contributed by atoms with Gasteiger partial charge in [0.15, 0.2) is 0 Å². The molecule has 1 atom stereocenters. The molecule has 4 rings (SSSR count). The van der Waals surface area contributed by atoms with Crippen LogP contribution in [-0.2, 0) is 11.2 Å². The van der Waals surface area contributed by atoms with Crippen molar-refractivity contribution in [1.82, 2.24) is 15.1 Å². The van der Waals surface area contributed by atoms with E-state index in [1.807, 2.05) is 23.1 Å². The van der Waals surface area contributed by atoms with E-state index in [-0.39, 0.29) is 5.92 Å². The fourth-order valence-corrected chi connectivity index (χ4v) is 3.87. The maximum atomic E-state index is 12.9. The molecule has 1 aromatic heterocycles. The van der Waals surface area contributed by atoms with Crippen LogP contribution in [0.2, 0.25) is 0 Å². The average Bonchev–Trinajstić information content (AvgIpc) is 3.07. The fraction of sp³-hybridized carbons (Fsp3) is 0.421. The number of aromatic nitrogens is 2. The Hall–Kier alpha value is -2.43. The smallest absolute Gasteiger partial charge is 0.230 e. The van der Waals surface area contributed by atoms with Crippen LogP contribution >= 0.6 is 0 Å². The summed E-state index contributed by atoms with van der Waals surface area (Å²) in [5.41, 5.74) is 2.58. The first kappa shape index (κ1) is 15.1. The van der Waals surface area contributed by atoms with E-state index in [0.717, 1.165) is 44.6 Å². The Morgan fingerprint density at radius 2 is 1.92 bits per heavy atom. The van der Waals surface area contributed by atoms with Gasteiger partial charge in [0.05, 0.1) is 5.92 Å². The molecule has 124 valence electrons. The summed E-state index contributed by atoms with van der Waals surface area (Å²) < 4.78 is 0. The third kappa shape index (κ3) is 2.98. The quantitative estimate of drug-likeness (QED) is 0.944. The Morgan fingerprint density at radius 1 is 1.08 bits per heavy atom. The molecule has 2 heterocycles. The number of nitrogens with zero attached hydrogens (tertiary/aromatic N) is 3. The molecule has 24 heavy (non-hydrogen) atoms. The van der Waals surface area contributed by atoms with Crippen LogP contribution < -0.4 is 5.32 Å². The van der Waals surface area contributed by atoms with Gasteiger partial charge in [-0.1, -0.05) is 24.3 Å². The van der Waals surface area contributed by atoms with Crippen LogP contribution in [0.5, 0.6) is 0 Å². The second kappa shape index (κ2) is 6.59. The number of piperidine rings is 1. The molecule has 0 saturated carbocycles. The Balaban J connectivity index is 1.35. The lowest BCUT2D eigenvalue weighted by Crippen LogP contribution is -2.44. The van der Waals surface area contributed by atoms with Crippen molar-refractivity contribution in [3.8, 4) is 0 Å². The largest absolute Gasteiger partial charge is 0.366 e. The first-order valence-electron chi connectivity index (χ1n) is 8.72. The number of hydrogen-bond donors (Lipinski definition) is 1. The number of likely N-dealkylation sites (tertiary alicyclic amines) is 1. The molecule has 1 amide bonds. The molecule has 0 bridgehead atoms. The summed E-state index contributed by atoms with van der Waals surface area (Å²) in [6, 6.07) is 12.6. The number of carbonyl (C=O) groups excluding carboxylic acids is 1. The van der Waals surface area contributed by atoms with E-state index in [1.54, 1.807) is 6.20 Å². The zero-order chi connectivity index (χ0) is 16.4. The monoisotopic (exact) mass is 322 g/mol. The van der Waals surface area contributed by atoms with E-state index in [0.29, 0.717) is 11.9 Å². The predicted octanol–water partition coefficient (Wildman–Crippen LogP) is 2.61. The van der Waals surface area contributed by atoms with E-state index >= 15 is 0 Å². The molecular weight excluding hydrogens is 300 g/mol. The molecule has 1 aromatic carbocycles. The van der Waals surface area contributed by atoms with Crippen LogP contribution in [0.3, 0.4) is 0 Å². The number of fused-ring (bicyclic) bond motifs is 1. The van der Waals surface area contributed by atoms with Crippen molar-refractivity contribution in [2.75, 3.05) is 18.4 Å². The molecule has 5 nitrogen and oxygen atoms in total. The molecule has 1 unspecified atom stereocenters. The number of aryl methyl sites for hydroxylation is 1. The zero-order valence-electron chi connectivity index (χ0n) is 13.7. The van der Waals surface area contributed by atoms with Crippen molar-refractivity contribution in [2.45, 2.75) is 37.6 Å². The van der Waals surface area contributed by atoms with E-state index < -0.39 is 0 Å². The molecule has 1 saturated heterocycles. The molecule has 0 spiro atoms. The summed E-state index contributed by atoms with van der Waals surface area (Å²) in [6.45, 7) is 1.63. The van der Waals surface area contributed by atoms with Gasteiger partial charge in [0.25, 0.3) is 0 Å².